The number of aryl methyl sites for hydroxylation is 1. The summed E-state index contributed by atoms with van der Waals surface area (Å²) in [7, 11) is 0. The third-order valence-corrected chi connectivity index (χ3v) is 4.80. The quantitative estimate of drug-likeness (QED) is 0.873. The summed E-state index contributed by atoms with van der Waals surface area (Å²) < 4.78 is 0. The minimum atomic E-state index is -0.0270. The monoisotopic (exact) mass is 373 g/mol. The van der Waals surface area contributed by atoms with Crippen molar-refractivity contribution in [3.63, 3.8) is 0 Å². The van der Waals surface area contributed by atoms with Crippen molar-refractivity contribution < 1.29 is 4.79 Å². The lowest BCUT2D eigenvalue weighted by Gasteiger charge is -2.33. The highest BCUT2D eigenvalue weighted by Gasteiger charge is 2.23. The maximum atomic E-state index is 12.8. The SMILES string of the molecule is CCN1CCN(C(=O)c2cc(C)nc(NCc3ccc(Cl)cc3)n2)CC1. The highest BCUT2D eigenvalue weighted by molar-refractivity contribution is 6.30. The number of hydrogen-bond acceptors (Lipinski definition) is 5. The van der Waals surface area contributed by atoms with Crippen molar-refractivity contribution in [3.05, 3.63) is 52.3 Å². The Labute approximate surface area is 159 Å². The van der Waals surface area contributed by atoms with E-state index in [9.17, 15) is 4.79 Å². The Bertz CT molecular complexity index is 757. The summed E-state index contributed by atoms with van der Waals surface area (Å²) >= 11 is 5.91. The average molecular weight is 374 g/mol. The second-order valence-corrected chi connectivity index (χ2v) is 6.86. The van der Waals surface area contributed by atoms with Gasteiger partial charge in [-0.1, -0.05) is 30.7 Å². The van der Waals surface area contributed by atoms with Crippen molar-refractivity contribution in [2.75, 3.05) is 38.0 Å². The van der Waals surface area contributed by atoms with E-state index < -0.39 is 0 Å². The molecule has 1 fully saturated rings. The lowest BCUT2D eigenvalue weighted by Crippen LogP contribution is -2.48. The van der Waals surface area contributed by atoms with Crippen molar-refractivity contribution in [2.24, 2.45) is 0 Å². The van der Waals surface area contributed by atoms with E-state index in [0.29, 0.717) is 23.2 Å². The van der Waals surface area contributed by atoms with Crippen molar-refractivity contribution in [2.45, 2.75) is 20.4 Å². The highest BCUT2D eigenvalue weighted by Crippen LogP contribution is 2.13. The van der Waals surface area contributed by atoms with Gasteiger partial charge in [-0.15, -0.1) is 0 Å². The number of amides is 1. The first-order valence-electron chi connectivity index (χ1n) is 8.91. The van der Waals surface area contributed by atoms with E-state index in [2.05, 4.69) is 27.1 Å². The molecule has 1 aromatic carbocycles. The molecule has 1 aromatic heterocycles. The molecule has 1 saturated heterocycles. The standard InChI is InChI=1S/C19H24ClN5O/c1-3-24-8-10-25(11-9-24)18(26)17-12-14(2)22-19(23-17)21-13-15-4-6-16(20)7-5-15/h4-7,12H,3,8-11,13H2,1-2H3,(H,21,22,23). The van der Waals surface area contributed by atoms with Gasteiger partial charge in [-0.05, 0) is 37.2 Å². The molecule has 6 nitrogen and oxygen atoms in total. The van der Waals surface area contributed by atoms with Gasteiger partial charge in [0.05, 0.1) is 0 Å². The van der Waals surface area contributed by atoms with Gasteiger partial charge >= 0.3 is 0 Å². The van der Waals surface area contributed by atoms with Crippen molar-refractivity contribution >= 4 is 23.5 Å². The predicted molar refractivity (Wildman–Crippen MR) is 104 cm³/mol. The van der Waals surface area contributed by atoms with E-state index in [1.54, 1.807) is 6.07 Å². The number of piperazine rings is 1. The van der Waals surface area contributed by atoms with Gasteiger partial charge in [0.2, 0.25) is 5.95 Å². The van der Waals surface area contributed by atoms with Crippen LogP contribution in [0.2, 0.25) is 5.02 Å². The number of aromatic nitrogens is 2. The number of benzene rings is 1. The number of nitrogens with zero attached hydrogens (tertiary/aromatic N) is 4. The Morgan fingerprint density at radius 3 is 2.50 bits per heavy atom. The van der Waals surface area contributed by atoms with Crippen molar-refractivity contribution in [3.8, 4) is 0 Å². The Hall–Kier alpha value is -2.18. The lowest BCUT2D eigenvalue weighted by molar-refractivity contribution is 0.0637. The topological polar surface area (TPSA) is 61.4 Å². The molecule has 0 radical (unpaired) electrons. The largest absolute Gasteiger partial charge is 0.350 e. The number of rotatable bonds is 5. The summed E-state index contributed by atoms with van der Waals surface area (Å²) in [5, 5.41) is 3.90. The van der Waals surface area contributed by atoms with Crippen molar-refractivity contribution in [1.82, 2.24) is 19.8 Å². The molecule has 0 saturated carbocycles. The number of nitrogens with one attached hydrogen (secondary N) is 1. The van der Waals surface area contributed by atoms with Crippen LogP contribution in [0.15, 0.2) is 30.3 Å². The molecule has 1 N–H and O–H groups in total. The first-order valence-corrected chi connectivity index (χ1v) is 9.28. The molecule has 0 spiro atoms. The molecule has 1 amide bonds. The number of hydrogen-bond donors (Lipinski definition) is 1. The molecular weight excluding hydrogens is 350 g/mol. The normalized spacial score (nSPS) is 15.1. The third kappa shape index (κ3) is 4.71. The van der Waals surface area contributed by atoms with Crippen LogP contribution in [-0.2, 0) is 6.54 Å². The smallest absolute Gasteiger partial charge is 0.272 e. The fraction of sp³-hybridized carbons (Fsp3) is 0.421. The van der Waals surface area contributed by atoms with Gasteiger partial charge < -0.3 is 15.1 Å². The number of carbonyl (C=O) groups excluding carboxylic acids is 1. The summed E-state index contributed by atoms with van der Waals surface area (Å²) in [6.07, 6.45) is 0. The van der Waals surface area contributed by atoms with Crippen LogP contribution in [0.5, 0.6) is 0 Å². The van der Waals surface area contributed by atoms with Gasteiger partial charge in [-0.3, -0.25) is 4.79 Å². The first kappa shape index (κ1) is 18.6. The molecular formula is C19H24ClN5O. The predicted octanol–water partition coefficient (Wildman–Crippen LogP) is 2.83. The number of anilines is 1. The Morgan fingerprint density at radius 2 is 1.85 bits per heavy atom. The van der Waals surface area contributed by atoms with Gasteiger partial charge in [0.15, 0.2) is 0 Å². The molecule has 0 bridgehead atoms. The summed E-state index contributed by atoms with van der Waals surface area (Å²) in [6.45, 7) is 8.91. The third-order valence-electron chi connectivity index (χ3n) is 4.54. The van der Waals surface area contributed by atoms with Crippen LogP contribution in [0.3, 0.4) is 0 Å². The zero-order valence-corrected chi connectivity index (χ0v) is 16.0. The van der Waals surface area contributed by atoms with Crippen LogP contribution in [0.1, 0.15) is 28.7 Å². The maximum absolute atomic E-state index is 12.8. The molecule has 0 unspecified atom stereocenters. The Kier molecular flexibility index (Phi) is 6.06. The van der Waals surface area contributed by atoms with Gasteiger partial charge in [0.25, 0.3) is 5.91 Å². The first-order chi connectivity index (χ1) is 12.5. The van der Waals surface area contributed by atoms with Gasteiger partial charge in [0, 0.05) is 43.4 Å². The fourth-order valence-electron chi connectivity index (χ4n) is 2.97. The highest BCUT2D eigenvalue weighted by atomic mass is 35.5. The molecule has 3 rings (SSSR count). The van der Waals surface area contributed by atoms with E-state index in [1.807, 2.05) is 36.1 Å². The molecule has 2 heterocycles. The molecule has 138 valence electrons. The Balaban J connectivity index is 1.67. The summed E-state index contributed by atoms with van der Waals surface area (Å²) in [5.74, 6) is 0.441. The molecule has 2 aromatic rings. The minimum absolute atomic E-state index is 0.0270. The molecule has 1 aliphatic rings. The fourth-order valence-corrected chi connectivity index (χ4v) is 3.10. The second kappa shape index (κ2) is 8.47. The second-order valence-electron chi connectivity index (χ2n) is 6.42. The van der Waals surface area contributed by atoms with E-state index in [-0.39, 0.29) is 5.91 Å². The van der Waals surface area contributed by atoms with Gasteiger partial charge in [-0.2, -0.15) is 0 Å². The minimum Gasteiger partial charge on any atom is -0.350 e. The van der Waals surface area contributed by atoms with Crippen LogP contribution < -0.4 is 5.32 Å². The average Bonchev–Trinajstić information content (AvgIpc) is 2.66. The summed E-state index contributed by atoms with van der Waals surface area (Å²) in [5.41, 5.74) is 2.29. The van der Waals surface area contributed by atoms with E-state index >= 15 is 0 Å². The van der Waals surface area contributed by atoms with Crippen LogP contribution in [0.25, 0.3) is 0 Å². The number of halogens is 1. The number of likely N-dealkylation sites (N-methyl/N-ethyl adjacent to an activating group) is 1. The molecule has 0 aliphatic carbocycles. The van der Waals surface area contributed by atoms with Crippen LogP contribution in [0, 0.1) is 6.92 Å². The zero-order valence-electron chi connectivity index (χ0n) is 15.2. The lowest BCUT2D eigenvalue weighted by atomic mass is 10.2. The molecule has 26 heavy (non-hydrogen) atoms. The molecule has 1 aliphatic heterocycles. The molecule has 0 atom stereocenters. The Morgan fingerprint density at radius 1 is 1.15 bits per heavy atom. The summed E-state index contributed by atoms with van der Waals surface area (Å²) in [4.78, 5) is 25.8. The zero-order chi connectivity index (χ0) is 18.5. The van der Waals surface area contributed by atoms with E-state index in [4.69, 9.17) is 11.6 Å². The van der Waals surface area contributed by atoms with Gasteiger partial charge in [0.1, 0.15) is 5.69 Å². The number of carbonyl (C=O) groups is 1. The van der Waals surface area contributed by atoms with E-state index in [1.165, 1.54) is 0 Å². The maximum Gasteiger partial charge on any atom is 0.272 e. The van der Waals surface area contributed by atoms with E-state index in [0.717, 1.165) is 44.0 Å². The summed E-state index contributed by atoms with van der Waals surface area (Å²) in [6, 6.07) is 9.35. The van der Waals surface area contributed by atoms with Crippen LogP contribution >= 0.6 is 11.6 Å². The van der Waals surface area contributed by atoms with Crippen LogP contribution in [-0.4, -0.2) is 58.4 Å². The van der Waals surface area contributed by atoms with Crippen molar-refractivity contribution in [1.29, 1.82) is 0 Å². The van der Waals surface area contributed by atoms with Gasteiger partial charge in [-0.25, -0.2) is 9.97 Å². The molecule has 7 heteroatoms. The van der Waals surface area contributed by atoms with Crippen LogP contribution in [0.4, 0.5) is 5.95 Å².